The lowest BCUT2D eigenvalue weighted by atomic mass is 10.1. The van der Waals surface area contributed by atoms with E-state index in [0.29, 0.717) is 90.5 Å². The Morgan fingerprint density at radius 3 is 0.906 bits per heavy atom. The Labute approximate surface area is 758 Å². The van der Waals surface area contributed by atoms with Crippen LogP contribution in [-0.2, 0) is 29.5 Å². The van der Waals surface area contributed by atoms with E-state index in [1.54, 1.807) is 133 Å². The van der Waals surface area contributed by atoms with E-state index in [1.807, 2.05) is 60.5 Å². The standard InChI is InChI=1S/C30H35ClN6O6S.2C29H33ClN6O5S/c1-17(2)43-25-14-21-20(28(39)37(29(21)40)19-9-10-36(16-19)11-12-38)13-24(25)34-30-32-15-22(31)27(35-30)33-23-7-5-6-8-26(23)44(41,42)18(3)4;2*1-16(2)41-24-13-20-19(27(37)36(28(20)38)18-10-11-35(5)15-18)12-23(24)33-29-31-14-21(30)26(34-29)32-22-8-6-7-9-25(22)42(39,40)17(3)4/h5-8,13-15,17-19,38H,9-12,16H2,1-4H3,(H2,32,33,34,35);2*6-9,12-14,16-18H,10-11,15H2,1-5H3,(H2,31,32,33,34)/t19-;2*18-/m000/s1. The average Bonchev–Trinajstić information content (AvgIpc) is 1.60. The van der Waals surface area contributed by atoms with E-state index < -0.39 is 51.2 Å². The number of β-amino-alcohol motifs (C(OH)–C–C–N with tert-alkyl or cyclic N) is 1. The lowest BCUT2D eigenvalue weighted by Gasteiger charge is -2.22. The zero-order chi connectivity index (χ0) is 92.4. The first kappa shape index (κ1) is 94.4. The zero-order valence-electron chi connectivity index (χ0n) is 72.9. The minimum Gasteiger partial charge on any atom is -0.489 e. The van der Waals surface area contributed by atoms with E-state index in [4.69, 9.17) is 49.0 Å². The Hall–Kier alpha value is -11.3. The van der Waals surface area contributed by atoms with Gasteiger partial charge in [0.1, 0.15) is 32.3 Å². The Kier molecular flexibility index (Phi) is 28.7. The predicted molar refractivity (Wildman–Crippen MR) is 489 cm³/mol. The average molecular weight is 1870 g/mol. The number of imide groups is 3. The number of likely N-dealkylation sites (tertiary alicyclic amines) is 3. The Morgan fingerprint density at radius 1 is 0.383 bits per heavy atom. The molecule has 0 unspecified atom stereocenters. The number of halogens is 3. The number of aliphatic hydroxyl groups excluding tert-OH is 1. The highest BCUT2D eigenvalue weighted by Crippen LogP contribution is 2.44. The van der Waals surface area contributed by atoms with Gasteiger partial charge in [-0.15, -0.1) is 0 Å². The summed E-state index contributed by atoms with van der Waals surface area (Å²) in [6.45, 7) is 25.3. The van der Waals surface area contributed by atoms with E-state index in [-0.39, 0.29) is 171 Å². The number of carbonyl (C=O) groups is 6. The normalized spacial score (nSPS) is 17.2. The molecule has 0 radical (unpaired) electrons. The van der Waals surface area contributed by atoms with Crippen molar-refractivity contribution < 1.29 is 73.3 Å². The molecule has 9 aromatic rings. The third-order valence-corrected chi connectivity index (χ3v) is 29.3. The quantitative estimate of drug-likeness (QED) is 0.0214. The number of amides is 6. The van der Waals surface area contributed by atoms with Gasteiger partial charge in [0.25, 0.3) is 35.4 Å². The monoisotopic (exact) mass is 1870 g/mol. The van der Waals surface area contributed by atoms with E-state index in [1.165, 1.54) is 51.5 Å². The number of nitrogens with one attached hydrogen (secondary N) is 6. The number of rotatable bonds is 29. The number of aromatic nitrogens is 6. The second kappa shape index (κ2) is 39.0. The van der Waals surface area contributed by atoms with Crippen LogP contribution in [0.1, 0.15) is 164 Å². The number of carbonyl (C=O) groups excluding carboxylic acids is 6. The molecule has 3 aromatic heterocycles. The molecule has 128 heavy (non-hydrogen) atoms. The van der Waals surface area contributed by atoms with Crippen molar-refractivity contribution in [3.05, 3.63) is 176 Å². The molecule has 678 valence electrons. The van der Waals surface area contributed by atoms with E-state index in [0.717, 1.165) is 25.9 Å². The van der Waals surface area contributed by atoms with Crippen molar-refractivity contribution in [3.63, 3.8) is 0 Å². The van der Waals surface area contributed by atoms with Crippen molar-refractivity contribution in [2.24, 2.45) is 0 Å². The lowest BCUT2D eigenvalue weighted by Crippen LogP contribution is -2.41. The maximum Gasteiger partial charge on any atom is 0.261 e. The van der Waals surface area contributed by atoms with Crippen LogP contribution in [0.3, 0.4) is 0 Å². The summed E-state index contributed by atoms with van der Waals surface area (Å²) >= 11 is 19.2. The first-order valence-electron chi connectivity index (χ1n) is 41.7. The highest BCUT2D eigenvalue weighted by Gasteiger charge is 2.47. The first-order valence-corrected chi connectivity index (χ1v) is 47.5. The van der Waals surface area contributed by atoms with Crippen LogP contribution in [-0.4, -0.2) is 244 Å². The van der Waals surface area contributed by atoms with Gasteiger partial charge < -0.3 is 61.0 Å². The number of nitrogens with zero attached hydrogens (tertiary/aromatic N) is 12. The topological polar surface area (TPSA) is 422 Å². The molecule has 0 bridgehead atoms. The number of hydrogen-bond acceptors (Lipinski definition) is 31. The number of benzene rings is 6. The largest absolute Gasteiger partial charge is 0.489 e. The third kappa shape index (κ3) is 20.3. The summed E-state index contributed by atoms with van der Waals surface area (Å²) in [6, 6.07) is 28.3. The van der Waals surface area contributed by atoms with E-state index >= 15 is 0 Å². The van der Waals surface area contributed by atoms with Gasteiger partial charge in [0.2, 0.25) is 17.8 Å². The second-order valence-corrected chi connectivity index (χ2v) is 41.8. The number of aliphatic hydroxyl groups is 1. The van der Waals surface area contributed by atoms with Crippen LogP contribution in [0.2, 0.25) is 15.1 Å². The number of likely N-dealkylation sites (N-methyl/N-ethyl adjacent to an activating group) is 2. The van der Waals surface area contributed by atoms with Crippen LogP contribution in [0.15, 0.2) is 142 Å². The fraction of sp³-hybridized carbons (Fsp3) is 0.386. The van der Waals surface area contributed by atoms with Gasteiger partial charge >= 0.3 is 0 Å². The molecule has 3 fully saturated rings. The van der Waals surface area contributed by atoms with Gasteiger partial charge in [0, 0.05) is 32.7 Å². The maximum absolute atomic E-state index is 13.5. The smallest absolute Gasteiger partial charge is 0.261 e. The first-order chi connectivity index (χ1) is 60.6. The Balaban J connectivity index is 0.000000164. The summed E-state index contributed by atoms with van der Waals surface area (Å²) in [5.74, 6) is -0.262. The highest BCUT2D eigenvalue weighted by atomic mass is 35.5. The molecule has 7 N–H and O–H groups in total. The van der Waals surface area contributed by atoms with Crippen LogP contribution in [0.4, 0.5) is 69.4 Å². The van der Waals surface area contributed by atoms with Gasteiger partial charge in [0.15, 0.2) is 47.0 Å². The van der Waals surface area contributed by atoms with Gasteiger partial charge in [-0.2, -0.15) is 15.0 Å². The fourth-order valence-electron chi connectivity index (χ4n) is 15.3. The third-order valence-electron chi connectivity index (χ3n) is 21.8. The molecule has 40 heteroatoms. The summed E-state index contributed by atoms with van der Waals surface area (Å²) in [6.07, 6.45) is 5.49. The molecular weight excluding hydrogens is 1770 g/mol. The molecule has 0 aliphatic carbocycles. The number of ether oxygens (including phenoxy) is 3. The van der Waals surface area contributed by atoms with Crippen LogP contribution >= 0.6 is 34.8 Å². The summed E-state index contributed by atoms with van der Waals surface area (Å²) in [4.78, 5) is 117. The second-order valence-electron chi connectivity index (χ2n) is 33.2. The molecule has 15 rings (SSSR count). The van der Waals surface area contributed by atoms with Crippen molar-refractivity contribution in [1.29, 1.82) is 0 Å². The SMILES string of the molecule is CC(C)Oc1cc2c(cc1Nc1ncc(Cl)c(Nc3ccccc3S(=O)(=O)C(C)C)n1)C(=O)N([C@H]1CCN(C)C1)C2=O.CC(C)Oc1cc2c(cc1Nc1ncc(Cl)c(Nc3ccccc3S(=O)(=O)C(C)C)n1)C(=O)N([C@H]1CCN(C)C1)C2=O.CC(C)Oc1cc2c(cc1Nc1ncc(Cl)c(Nc3ccccc3S(=O)(=O)C(C)C)n1)C(=O)N([C@H]1CCN(CCO)C1)C2=O. The van der Waals surface area contributed by atoms with Crippen molar-refractivity contribution >= 4 is 169 Å². The molecule has 6 aliphatic heterocycles. The molecule has 6 aromatic carbocycles. The molecule has 34 nitrogen and oxygen atoms in total. The minimum absolute atomic E-state index is 0.00727. The summed E-state index contributed by atoms with van der Waals surface area (Å²) in [7, 11) is -6.87. The molecule has 9 heterocycles. The molecule has 6 amide bonds. The van der Waals surface area contributed by atoms with Crippen LogP contribution in [0.25, 0.3) is 0 Å². The summed E-state index contributed by atoms with van der Waals surface area (Å²) in [5, 5.41) is 26.2. The summed E-state index contributed by atoms with van der Waals surface area (Å²) < 4.78 is 95.7. The minimum atomic E-state index is -3.61. The number of sulfone groups is 3. The van der Waals surface area contributed by atoms with Crippen molar-refractivity contribution in [3.8, 4) is 17.2 Å². The van der Waals surface area contributed by atoms with Crippen molar-refractivity contribution in [1.82, 2.24) is 59.3 Å². The number of anilines is 12. The fourth-order valence-corrected chi connectivity index (χ4v) is 19.3. The van der Waals surface area contributed by atoms with Gasteiger partial charge in [-0.25, -0.2) is 40.2 Å². The Bertz CT molecular complexity index is 5950. The van der Waals surface area contributed by atoms with Gasteiger partial charge in [-0.05, 0) is 202 Å². The van der Waals surface area contributed by atoms with Gasteiger partial charge in [-0.3, -0.25) is 48.4 Å². The number of fused-ring (bicyclic) bond motifs is 3. The van der Waals surface area contributed by atoms with Crippen LogP contribution < -0.4 is 46.1 Å². The lowest BCUT2D eigenvalue weighted by molar-refractivity contribution is 0.0572. The van der Waals surface area contributed by atoms with Crippen molar-refractivity contribution in [2.45, 2.75) is 169 Å². The van der Waals surface area contributed by atoms with Crippen molar-refractivity contribution in [2.75, 3.05) is 98.4 Å². The molecule has 3 saturated heterocycles. The van der Waals surface area contributed by atoms with Gasteiger partial charge in [-0.1, -0.05) is 71.2 Å². The molecular formula is C88H101Cl3N18O16S3. The summed E-state index contributed by atoms with van der Waals surface area (Å²) in [5.41, 5.74) is 3.70. The molecule has 0 spiro atoms. The Morgan fingerprint density at radius 2 is 0.648 bits per heavy atom. The van der Waals surface area contributed by atoms with E-state index in [9.17, 15) is 59.1 Å². The van der Waals surface area contributed by atoms with Crippen LogP contribution in [0.5, 0.6) is 17.2 Å². The van der Waals surface area contributed by atoms with E-state index in [2.05, 4.69) is 71.6 Å². The predicted octanol–water partition coefficient (Wildman–Crippen LogP) is 14.0. The number of hydrogen-bond donors (Lipinski definition) is 7. The molecule has 0 saturated carbocycles. The zero-order valence-corrected chi connectivity index (χ0v) is 77.6. The maximum atomic E-state index is 13.5. The van der Waals surface area contributed by atoms with Crippen LogP contribution in [0, 0.1) is 0 Å². The highest BCUT2D eigenvalue weighted by molar-refractivity contribution is 7.92. The van der Waals surface area contributed by atoms with Gasteiger partial charge in [0.05, 0.1) is 160 Å². The number of para-hydroxylation sites is 3. The molecule has 6 aliphatic rings. The molecule has 3 atom stereocenters.